The molecule has 1 aromatic heterocycles. The van der Waals surface area contributed by atoms with Crippen LogP contribution in [0.25, 0.3) is 22.4 Å². The predicted octanol–water partition coefficient (Wildman–Crippen LogP) is 8.66. The summed E-state index contributed by atoms with van der Waals surface area (Å²) in [7, 11) is 0. The molecular formula is C23H13Cl5N2O. The Bertz CT molecular complexity index is 1250. The Kier molecular flexibility index (Phi) is 6.90. The van der Waals surface area contributed by atoms with E-state index in [4.69, 9.17) is 62.7 Å². The minimum atomic E-state index is 0.199. The summed E-state index contributed by atoms with van der Waals surface area (Å²) in [5.74, 6) is 0. The molecule has 0 aliphatic carbocycles. The predicted molar refractivity (Wildman–Crippen MR) is 129 cm³/mol. The molecule has 0 atom stereocenters. The molecule has 4 aromatic rings. The van der Waals surface area contributed by atoms with Gasteiger partial charge in [0.25, 0.3) is 0 Å². The minimum absolute atomic E-state index is 0.199. The lowest BCUT2D eigenvalue weighted by molar-refractivity contribution is 0.281. The van der Waals surface area contributed by atoms with E-state index in [-0.39, 0.29) is 12.6 Å². The topological polar surface area (TPSA) is 35.0 Å². The summed E-state index contributed by atoms with van der Waals surface area (Å²) in [5, 5.41) is 2.57. The van der Waals surface area contributed by atoms with Gasteiger partial charge in [0.15, 0.2) is 0 Å². The van der Waals surface area contributed by atoms with Crippen LogP contribution in [-0.4, -0.2) is 9.97 Å². The van der Waals surface area contributed by atoms with Crippen molar-refractivity contribution in [3.63, 3.8) is 0 Å². The quantitative estimate of drug-likeness (QED) is 0.269. The molecule has 0 unspecified atom stereocenters. The van der Waals surface area contributed by atoms with E-state index in [1.165, 1.54) is 0 Å². The molecule has 0 spiro atoms. The van der Waals surface area contributed by atoms with E-state index in [9.17, 15) is 0 Å². The molecule has 0 saturated heterocycles. The van der Waals surface area contributed by atoms with Gasteiger partial charge in [0.1, 0.15) is 6.61 Å². The van der Waals surface area contributed by atoms with Crippen molar-refractivity contribution in [2.75, 3.05) is 0 Å². The van der Waals surface area contributed by atoms with Gasteiger partial charge in [0.05, 0.1) is 20.8 Å². The lowest BCUT2D eigenvalue weighted by Gasteiger charge is -2.13. The van der Waals surface area contributed by atoms with E-state index in [0.717, 1.165) is 16.7 Å². The van der Waals surface area contributed by atoms with Crippen LogP contribution in [0, 0.1) is 0 Å². The Morgan fingerprint density at radius 1 is 0.677 bits per heavy atom. The Hall–Kier alpha value is -2.01. The highest BCUT2D eigenvalue weighted by Crippen LogP contribution is 2.36. The summed E-state index contributed by atoms with van der Waals surface area (Å²) < 4.78 is 5.81. The van der Waals surface area contributed by atoms with E-state index in [1.54, 1.807) is 42.6 Å². The average molecular weight is 511 g/mol. The van der Waals surface area contributed by atoms with E-state index < -0.39 is 0 Å². The monoisotopic (exact) mass is 508 g/mol. The van der Waals surface area contributed by atoms with E-state index >= 15 is 0 Å². The maximum Gasteiger partial charge on any atom is 0.317 e. The second-order valence-corrected chi connectivity index (χ2v) is 8.68. The maximum atomic E-state index is 6.47. The number of rotatable bonds is 5. The van der Waals surface area contributed by atoms with Crippen LogP contribution in [0.3, 0.4) is 0 Å². The number of aromatic nitrogens is 2. The number of halogens is 5. The highest BCUT2D eigenvalue weighted by atomic mass is 35.5. The molecule has 4 rings (SSSR count). The maximum absolute atomic E-state index is 6.47. The largest absolute Gasteiger partial charge is 0.459 e. The second kappa shape index (κ2) is 9.64. The van der Waals surface area contributed by atoms with Crippen molar-refractivity contribution in [2.45, 2.75) is 6.61 Å². The fourth-order valence-electron chi connectivity index (χ4n) is 2.94. The summed E-state index contributed by atoms with van der Waals surface area (Å²) in [6, 6.07) is 18.1. The molecule has 3 nitrogen and oxygen atoms in total. The van der Waals surface area contributed by atoms with Crippen LogP contribution in [0.2, 0.25) is 25.1 Å². The number of benzene rings is 3. The van der Waals surface area contributed by atoms with E-state index in [0.29, 0.717) is 36.4 Å². The molecule has 0 bridgehead atoms. The Morgan fingerprint density at radius 2 is 1.42 bits per heavy atom. The summed E-state index contributed by atoms with van der Waals surface area (Å²) >= 11 is 30.6. The molecule has 0 amide bonds. The van der Waals surface area contributed by atoms with Crippen molar-refractivity contribution in [1.82, 2.24) is 9.97 Å². The van der Waals surface area contributed by atoms with Gasteiger partial charge in [-0.2, -0.15) is 4.98 Å². The highest BCUT2D eigenvalue weighted by Gasteiger charge is 2.16. The number of hydrogen-bond acceptors (Lipinski definition) is 3. The van der Waals surface area contributed by atoms with Gasteiger partial charge in [-0.1, -0.05) is 76.2 Å². The zero-order valence-electron chi connectivity index (χ0n) is 15.8. The van der Waals surface area contributed by atoms with Crippen LogP contribution in [0.15, 0.2) is 66.9 Å². The van der Waals surface area contributed by atoms with Crippen LogP contribution in [0.5, 0.6) is 6.01 Å². The Morgan fingerprint density at radius 3 is 2.13 bits per heavy atom. The first-order valence-corrected chi connectivity index (χ1v) is 10.9. The molecule has 8 heteroatoms. The number of nitrogens with zero attached hydrogens (tertiary/aromatic N) is 2. The average Bonchev–Trinajstić information content (AvgIpc) is 2.75. The van der Waals surface area contributed by atoms with Crippen LogP contribution in [0.1, 0.15) is 5.56 Å². The lowest BCUT2D eigenvalue weighted by atomic mass is 10.0. The molecule has 0 fully saturated rings. The van der Waals surface area contributed by atoms with Gasteiger partial charge in [-0.3, -0.25) is 0 Å². The van der Waals surface area contributed by atoms with Gasteiger partial charge in [0, 0.05) is 27.4 Å². The van der Waals surface area contributed by atoms with Gasteiger partial charge >= 0.3 is 6.01 Å². The summed E-state index contributed by atoms with van der Waals surface area (Å²) in [6.07, 6.45) is 1.70. The van der Waals surface area contributed by atoms with Crippen molar-refractivity contribution in [3.8, 4) is 28.4 Å². The molecule has 0 aliphatic rings. The second-order valence-electron chi connectivity index (χ2n) is 6.58. The first-order valence-electron chi connectivity index (χ1n) is 9.06. The summed E-state index contributed by atoms with van der Waals surface area (Å²) in [5.41, 5.74) is 3.83. The van der Waals surface area contributed by atoms with Crippen molar-refractivity contribution >= 4 is 58.0 Å². The normalized spacial score (nSPS) is 10.9. The van der Waals surface area contributed by atoms with Crippen LogP contribution in [-0.2, 0) is 6.61 Å². The molecule has 3 aromatic carbocycles. The van der Waals surface area contributed by atoms with Gasteiger partial charge < -0.3 is 4.74 Å². The Balaban J connectivity index is 1.73. The standard InChI is InChI=1S/C23H13Cl5N2O/c24-15-4-2-14(3-5-15)18-11-29-23(31-12-13-1-8-19(26)21(28)9-13)30-22(18)17-7-6-16(25)10-20(17)27/h1-11H,12H2. The fraction of sp³-hybridized carbons (Fsp3) is 0.0435. The van der Waals surface area contributed by atoms with E-state index in [2.05, 4.69) is 9.97 Å². The van der Waals surface area contributed by atoms with Crippen LogP contribution < -0.4 is 4.74 Å². The van der Waals surface area contributed by atoms with Crippen molar-refractivity contribution in [2.24, 2.45) is 0 Å². The van der Waals surface area contributed by atoms with Gasteiger partial charge in [-0.05, 0) is 53.6 Å². The third-order valence-corrected chi connectivity index (χ3v) is 6.00. The molecule has 31 heavy (non-hydrogen) atoms. The van der Waals surface area contributed by atoms with Crippen molar-refractivity contribution < 1.29 is 4.74 Å². The van der Waals surface area contributed by atoms with Crippen LogP contribution >= 0.6 is 58.0 Å². The SMILES string of the molecule is Clc1ccc(-c2cnc(OCc3ccc(Cl)c(Cl)c3)nc2-c2ccc(Cl)cc2Cl)cc1. The van der Waals surface area contributed by atoms with Crippen molar-refractivity contribution in [3.05, 3.63) is 97.5 Å². The molecule has 0 radical (unpaired) electrons. The zero-order valence-corrected chi connectivity index (χ0v) is 19.5. The van der Waals surface area contributed by atoms with Gasteiger partial charge in [-0.25, -0.2) is 4.98 Å². The highest BCUT2D eigenvalue weighted by molar-refractivity contribution is 6.42. The van der Waals surface area contributed by atoms with Crippen LogP contribution in [0.4, 0.5) is 0 Å². The Labute approximate surface area is 204 Å². The third kappa shape index (κ3) is 5.25. The fourth-order valence-corrected chi connectivity index (χ4v) is 3.88. The molecular weight excluding hydrogens is 498 g/mol. The van der Waals surface area contributed by atoms with E-state index in [1.807, 2.05) is 24.3 Å². The third-order valence-electron chi connectivity index (χ3n) is 4.46. The summed E-state index contributed by atoms with van der Waals surface area (Å²) in [4.78, 5) is 9.01. The zero-order chi connectivity index (χ0) is 22.0. The first kappa shape index (κ1) is 22.2. The molecule has 1 heterocycles. The smallest absolute Gasteiger partial charge is 0.317 e. The van der Waals surface area contributed by atoms with Crippen molar-refractivity contribution in [1.29, 1.82) is 0 Å². The molecule has 156 valence electrons. The first-order chi connectivity index (χ1) is 14.9. The van der Waals surface area contributed by atoms with Gasteiger partial charge in [0.2, 0.25) is 0 Å². The van der Waals surface area contributed by atoms with Gasteiger partial charge in [-0.15, -0.1) is 0 Å². The molecule has 0 N–H and O–H groups in total. The molecule has 0 aliphatic heterocycles. The minimum Gasteiger partial charge on any atom is -0.459 e. The lowest BCUT2D eigenvalue weighted by Crippen LogP contribution is -2.02. The molecule has 0 saturated carbocycles. The number of ether oxygens (including phenoxy) is 1. The summed E-state index contributed by atoms with van der Waals surface area (Å²) in [6.45, 7) is 0.227. The number of hydrogen-bond donors (Lipinski definition) is 0.